The summed E-state index contributed by atoms with van der Waals surface area (Å²) in [6, 6.07) is 6.34. The molecule has 0 amide bonds. The molecule has 0 aliphatic carbocycles. The molecule has 6 heteroatoms. The molecule has 0 bridgehead atoms. The van der Waals surface area contributed by atoms with Crippen molar-refractivity contribution in [1.29, 1.82) is 0 Å². The first kappa shape index (κ1) is 16.9. The number of hydrogen-bond donors (Lipinski definition) is 2. The summed E-state index contributed by atoms with van der Waals surface area (Å²) in [4.78, 5) is 0.244. The lowest BCUT2D eigenvalue weighted by Gasteiger charge is -2.16. The lowest BCUT2D eigenvalue weighted by molar-refractivity contribution is 0.328. The Bertz CT molecular complexity index is 498. The van der Waals surface area contributed by atoms with Crippen LogP contribution in [0.3, 0.4) is 0 Å². The maximum absolute atomic E-state index is 12.1. The summed E-state index contributed by atoms with van der Waals surface area (Å²) >= 11 is 0. The van der Waals surface area contributed by atoms with Crippen LogP contribution in [-0.2, 0) is 10.0 Å². The first-order valence-corrected chi connectivity index (χ1v) is 8.27. The molecule has 0 aliphatic rings. The number of nitrogens with two attached hydrogens (primary N) is 1. The van der Waals surface area contributed by atoms with Gasteiger partial charge >= 0.3 is 0 Å². The van der Waals surface area contributed by atoms with Crippen LogP contribution in [0.4, 0.5) is 0 Å². The van der Waals surface area contributed by atoms with Crippen molar-refractivity contribution in [2.45, 2.75) is 25.7 Å². The van der Waals surface area contributed by atoms with Gasteiger partial charge in [-0.3, -0.25) is 0 Å². The Kier molecular flexibility index (Phi) is 6.45. The van der Waals surface area contributed by atoms with Crippen LogP contribution in [-0.4, -0.2) is 28.1 Å². The number of ether oxygens (including phenoxy) is 1. The van der Waals surface area contributed by atoms with Gasteiger partial charge in [0.15, 0.2) is 0 Å². The summed E-state index contributed by atoms with van der Waals surface area (Å²) in [5.41, 5.74) is 5.34. The quantitative estimate of drug-likeness (QED) is 0.764. The molecule has 5 nitrogen and oxygen atoms in total. The normalized spacial score (nSPS) is 13.4. The van der Waals surface area contributed by atoms with Gasteiger partial charge in [0.25, 0.3) is 0 Å². The minimum absolute atomic E-state index is 0.244. The number of nitrogens with one attached hydrogen (secondary N) is 1. The predicted octanol–water partition coefficient (Wildman–Crippen LogP) is 1.59. The highest BCUT2D eigenvalue weighted by atomic mass is 32.2. The molecule has 3 N–H and O–H groups in total. The van der Waals surface area contributed by atoms with E-state index < -0.39 is 10.0 Å². The molecule has 0 saturated carbocycles. The zero-order valence-electron chi connectivity index (χ0n) is 12.3. The molecule has 0 saturated heterocycles. The Morgan fingerprint density at radius 3 is 2.30 bits per heavy atom. The lowest BCUT2D eigenvalue weighted by atomic mass is 9.99. The summed E-state index contributed by atoms with van der Waals surface area (Å²) in [6.07, 6.45) is 0. The van der Waals surface area contributed by atoms with Crippen LogP contribution >= 0.6 is 0 Å². The van der Waals surface area contributed by atoms with Crippen LogP contribution in [0.5, 0.6) is 5.75 Å². The van der Waals surface area contributed by atoms with Gasteiger partial charge in [0, 0.05) is 13.1 Å². The maximum Gasteiger partial charge on any atom is 0.240 e. The summed E-state index contributed by atoms with van der Waals surface area (Å²) in [5.74, 6) is 1.34. The molecule has 0 aromatic heterocycles. The van der Waals surface area contributed by atoms with Crippen molar-refractivity contribution in [3.8, 4) is 5.75 Å². The third-order valence-corrected chi connectivity index (χ3v) is 4.69. The van der Waals surface area contributed by atoms with E-state index in [1.54, 1.807) is 12.1 Å². The monoisotopic (exact) mass is 300 g/mol. The van der Waals surface area contributed by atoms with E-state index in [0.717, 1.165) is 0 Å². The van der Waals surface area contributed by atoms with Crippen molar-refractivity contribution in [3.05, 3.63) is 24.3 Å². The minimum atomic E-state index is -3.46. The van der Waals surface area contributed by atoms with Gasteiger partial charge in [-0.25, -0.2) is 13.1 Å². The average Bonchev–Trinajstić information content (AvgIpc) is 2.43. The summed E-state index contributed by atoms with van der Waals surface area (Å²) < 4.78 is 32.2. The Hall–Kier alpha value is -1.11. The van der Waals surface area contributed by atoms with Crippen molar-refractivity contribution in [1.82, 2.24) is 4.72 Å². The summed E-state index contributed by atoms with van der Waals surface area (Å²) in [6.45, 7) is 7.44. The molecule has 1 atom stereocenters. The highest BCUT2D eigenvalue weighted by molar-refractivity contribution is 7.89. The first-order chi connectivity index (χ1) is 9.36. The van der Waals surface area contributed by atoms with Gasteiger partial charge in [-0.2, -0.15) is 0 Å². The first-order valence-electron chi connectivity index (χ1n) is 6.79. The fourth-order valence-corrected chi connectivity index (χ4v) is 2.60. The van der Waals surface area contributed by atoms with Crippen LogP contribution in [0.15, 0.2) is 29.2 Å². The molecular weight excluding hydrogens is 276 g/mol. The van der Waals surface area contributed by atoms with Crippen molar-refractivity contribution in [2.75, 3.05) is 19.7 Å². The molecule has 0 fully saturated rings. The van der Waals surface area contributed by atoms with Crippen LogP contribution < -0.4 is 15.2 Å². The fourth-order valence-electron chi connectivity index (χ4n) is 1.45. The third-order valence-electron chi connectivity index (χ3n) is 3.25. The van der Waals surface area contributed by atoms with Gasteiger partial charge in [0.2, 0.25) is 10.0 Å². The van der Waals surface area contributed by atoms with Crippen molar-refractivity contribution in [2.24, 2.45) is 17.6 Å². The second-order valence-electron chi connectivity index (χ2n) is 5.18. The molecule has 0 radical (unpaired) electrons. The van der Waals surface area contributed by atoms with Crippen molar-refractivity contribution >= 4 is 10.0 Å². The number of benzene rings is 1. The standard InChI is InChI=1S/C14H24N2O3S/c1-11(2)12(3)10-16-20(17,18)14-6-4-13(5-7-14)19-9-8-15/h4-7,11-12,16H,8-10,15H2,1-3H3. The zero-order valence-corrected chi connectivity index (χ0v) is 13.1. The number of rotatable bonds is 8. The summed E-state index contributed by atoms with van der Waals surface area (Å²) in [7, 11) is -3.46. The van der Waals surface area contributed by atoms with E-state index in [2.05, 4.69) is 18.6 Å². The molecule has 1 aromatic carbocycles. The SMILES string of the molecule is CC(C)C(C)CNS(=O)(=O)c1ccc(OCCN)cc1. The average molecular weight is 300 g/mol. The molecule has 114 valence electrons. The van der Waals surface area contributed by atoms with E-state index in [9.17, 15) is 8.42 Å². The Balaban J connectivity index is 2.68. The van der Waals surface area contributed by atoms with E-state index in [1.807, 2.05) is 6.92 Å². The van der Waals surface area contributed by atoms with Crippen LogP contribution in [0.2, 0.25) is 0 Å². The third kappa shape index (κ3) is 5.11. The Labute approximate surface area is 121 Å². The van der Waals surface area contributed by atoms with Gasteiger partial charge in [-0.1, -0.05) is 20.8 Å². The van der Waals surface area contributed by atoms with Gasteiger partial charge in [0.1, 0.15) is 12.4 Å². The highest BCUT2D eigenvalue weighted by Crippen LogP contribution is 2.16. The van der Waals surface area contributed by atoms with Gasteiger partial charge in [0.05, 0.1) is 4.90 Å². The Morgan fingerprint density at radius 1 is 1.20 bits per heavy atom. The van der Waals surface area contributed by atoms with E-state index in [1.165, 1.54) is 12.1 Å². The van der Waals surface area contributed by atoms with Crippen LogP contribution in [0.25, 0.3) is 0 Å². The van der Waals surface area contributed by atoms with Crippen LogP contribution in [0, 0.1) is 11.8 Å². The smallest absolute Gasteiger partial charge is 0.240 e. The molecule has 0 aliphatic heterocycles. The molecule has 1 rings (SSSR count). The topological polar surface area (TPSA) is 81.4 Å². The maximum atomic E-state index is 12.1. The van der Waals surface area contributed by atoms with E-state index in [0.29, 0.717) is 31.4 Å². The van der Waals surface area contributed by atoms with E-state index in [-0.39, 0.29) is 10.8 Å². The lowest BCUT2D eigenvalue weighted by Crippen LogP contribution is -2.30. The fraction of sp³-hybridized carbons (Fsp3) is 0.571. The molecule has 0 spiro atoms. The van der Waals surface area contributed by atoms with E-state index in [4.69, 9.17) is 10.5 Å². The molecule has 1 unspecified atom stereocenters. The highest BCUT2D eigenvalue weighted by Gasteiger charge is 2.16. The molecular formula is C14H24N2O3S. The second-order valence-corrected chi connectivity index (χ2v) is 6.95. The molecule has 1 aromatic rings. The second kappa shape index (κ2) is 7.61. The number of sulfonamides is 1. The van der Waals surface area contributed by atoms with Crippen molar-refractivity contribution in [3.63, 3.8) is 0 Å². The Morgan fingerprint density at radius 2 is 1.80 bits per heavy atom. The van der Waals surface area contributed by atoms with E-state index >= 15 is 0 Å². The molecule has 20 heavy (non-hydrogen) atoms. The van der Waals surface area contributed by atoms with Crippen LogP contribution in [0.1, 0.15) is 20.8 Å². The molecule has 0 heterocycles. The largest absolute Gasteiger partial charge is 0.492 e. The van der Waals surface area contributed by atoms with Gasteiger partial charge < -0.3 is 10.5 Å². The van der Waals surface area contributed by atoms with Crippen molar-refractivity contribution < 1.29 is 13.2 Å². The predicted molar refractivity (Wildman–Crippen MR) is 80.2 cm³/mol. The van der Waals surface area contributed by atoms with Gasteiger partial charge in [-0.15, -0.1) is 0 Å². The zero-order chi connectivity index (χ0) is 15.2. The number of hydrogen-bond acceptors (Lipinski definition) is 4. The van der Waals surface area contributed by atoms with Gasteiger partial charge in [-0.05, 0) is 36.1 Å². The summed E-state index contributed by atoms with van der Waals surface area (Å²) in [5, 5.41) is 0. The minimum Gasteiger partial charge on any atom is -0.492 e.